The summed E-state index contributed by atoms with van der Waals surface area (Å²) in [5.74, 6) is -7.99. The molecule has 0 aliphatic carbocycles. The van der Waals surface area contributed by atoms with E-state index in [1.165, 1.54) is 6.92 Å². The summed E-state index contributed by atoms with van der Waals surface area (Å²) >= 11 is 4.55. The Kier molecular flexibility index (Phi) is 2.75. The molecule has 0 radical (unpaired) electrons. The number of thiocarbonyl (C=S) groups is 1. The van der Waals surface area contributed by atoms with Crippen LogP contribution >= 0.6 is 12.2 Å². The molecule has 1 aliphatic rings. The predicted octanol–water partition coefficient (Wildman–Crippen LogP) is 1.25. The van der Waals surface area contributed by atoms with Gasteiger partial charge in [0.15, 0.2) is 0 Å². The zero-order valence-electron chi connectivity index (χ0n) is 7.44. The summed E-state index contributed by atoms with van der Waals surface area (Å²) in [4.78, 5) is 0.834. The van der Waals surface area contributed by atoms with Crippen LogP contribution in [0.4, 0.5) is 17.6 Å². The summed E-state index contributed by atoms with van der Waals surface area (Å²) in [6.07, 6.45) is 0. The highest BCUT2D eigenvalue weighted by Gasteiger charge is 2.63. The largest absolute Gasteiger partial charge is 0.392 e. The van der Waals surface area contributed by atoms with Gasteiger partial charge in [0, 0.05) is 0 Å². The van der Waals surface area contributed by atoms with E-state index in [1.807, 2.05) is 0 Å². The van der Waals surface area contributed by atoms with Crippen molar-refractivity contribution >= 4 is 17.2 Å². The van der Waals surface area contributed by atoms with Crippen LogP contribution in [-0.4, -0.2) is 40.9 Å². The highest BCUT2D eigenvalue weighted by molar-refractivity contribution is 7.80. The van der Waals surface area contributed by atoms with Gasteiger partial charge in [0.1, 0.15) is 0 Å². The van der Waals surface area contributed by atoms with Gasteiger partial charge in [0.25, 0.3) is 0 Å². The molecular formula is C7H10F4N2S. The second-order valence-electron chi connectivity index (χ2n) is 3.39. The lowest BCUT2D eigenvalue weighted by Gasteiger charge is -2.21. The van der Waals surface area contributed by atoms with Crippen molar-refractivity contribution in [1.29, 1.82) is 0 Å². The lowest BCUT2D eigenvalue weighted by Crippen LogP contribution is -2.41. The molecule has 1 fully saturated rings. The molecule has 2 N–H and O–H groups in total. The van der Waals surface area contributed by atoms with Crippen LogP contribution in [0, 0.1) is 0 Å². The summed E-state index contributed by atoms with van der Waals surface area (Å²) in [6, 6.07) is -0.732. The van der Waals surface area contributed by atoms with E-state index >= 15 is 0 Å². The van der Waals surface area contributed by atoms with Gasteiger partial charge in [-0.15, -0.1) is 0 Å². The molecule has 1 atom stereocenters. The Labute approximate surface area is 84.0 Å². The van der Waals surface area contributed by atoms with E-state index in [1.54, 1.807) is 0 Å². The lowest BCUT2D eigenvalue weighted by molar-refractivity contribution is -0.172. The maximum atomic E-state index is 12.7. The number of nitrogens with zero attached hydrogens (tertiary/aromatic N) is 1. The first-order valence-electron chi connectivity index (χ1n) is 3.96. The van der Waals surface area contributed by atoms with Crippen molar-refractivity contribution in [3.05, 3.63) is 0 Å². The Hall–Kier alpha value is -0.430. The second-order valence-corrected chi connectivity index (χ2v) is 3.86. The van der Waals surface area contributed by atoms with Gasteiger partial charge in [0.05, 0.1) is 24.1 Å². The number of hydrogen-bond donors (Lipinski definition) is 1. The summed E-state index contributed by atoms with van der Waals surface area (Å²) in [6.45, 7) is -0.573. The van der Waals surface area contributed by atoms with Gasteiger partial charge in [0.2, 0.25) is 0 Å². The molecule has 0 bridgehead atoms. The van der Waals surface area contributed by atoms with Gasteiger partial charge in [-0.2, -0.15) is 17.6 Å². The van der Waals surface area contributed by atoms with E-state index in [-0.39, 0.29) is 4.99 Å². The molecule has 82 valence electrons. The molecule has 1 rings (SSSR count). The second kappa shape index (κ2) is 3.30. The van der Waals surface area contributed by atoms with Crippen LogP contribution in [0.2, 0.25) is 0 Å². The SMILES string of the molecule is CC(C(N)=S)N1CC(F)(F)C(F)(F)C1. The van der Waals surface area contributed by atoms with Crippen LogP contribution in [-0.2, 0) is 0 Å². The summed E-state index contributed by atoms with van der Waals surface area (Å²) < 4.78 is 50.9. The van der Waals surface area contributed by atoms with E-state index in [0.717, 1.165) is 4.90 Å². The van der Waals surface area contributed by atoms with Crippen LogP contribution in [0.5, 0.6) is 0 Å². The Morgan fingerprint density at radius 2 is 1.64 bits per heavy atom. The topological polar surface area (TPSA) is 29.3 Å². The third kappa shape index (κ3) is 1.83. The molecule has 0 aromatic heterocycles. The first-order chi connectivity index (χ1) is 6.17. The Morgan fingerprint density at radius 3 is 1.93 bits per heavy atom. The van der Waals surface area contributed by atoms with Gasteiger partial charge in [-0.3, -0.25) is 4.90 Å². The smallest absolute Gasteiger partial charge is 0.323 e. The number of likely N-dealkylation sites (tertiary alicyclic amines) is 1. The van der Waals surface area contributed by atoms with Crippen molar-refractivity contribution in [2.75, 3.05) is 13.1 Å². The quantitative estimate of drug-likeness (QED) is 0.572. The molecule has 1 unspecified atom stereocenters. The van der Waals surface area contributed by atoms with E-state index in [2.05, 4.69) is 12.2 Å². The molecule has 0 spiro atoms. The average Bonchev–Trinajstić information content (AvgIpc) is 2.20. The molecule has 1 aliphatic heterocycles. The minimum Gasteiger partial charge on any atom is -0.392 e. The van der Waals surface area contributed by atoms with Crippen LogP contribution in [0.3, 0.4) is 0 Å². The normalized spacial score (nSPS) is 27.5. The van der Waals surface area contributed by atoms with Gasteiger partial charge < -0.3 is 5.73 Å². The summed E-state index contributed by atoms with van der Waals surface area (Å²) in [5.41, 5.74) is 5.19. The number of nitrogens with two attached hydrogens (primary N) is 1. The van der Waals surface area contributed by atoms with Crippen molar-refractivity contribution in [1.82, 2.24) is 4.90 Å². The maximum absolute atomic E-state index is 12.7. The Morgan fingerprint density at radius 1 is 1.29 bits per heavy atom. The van der Waals surface area contributed by atoms with E-state index in [9.17, 15) is 17.6 Å². The molecule has 2 nitrogen and oxygen atoms in total. The molecule has 0 aromatic carbocycles. The number of alkyl halides is 4. The third-order valence-corrected chi connectivity index (χ3v) is 2.64. The minimum atomic E-state index is -3.99. The summed E-state index contributed by atoms with van der Waals surface area (Å²) in [7, 11) is 0. The first-order valence-corrected chi connectivity index (χ1v) is 4.37. The highest BCUT2D eigenvalue weighted by Crippen LogP contribution is 2.41. The van der Waals surface area contributed by atoms with E-state index in [0.29, 0.717) is 0 Å². The average molecular weight is 230 g/mol. The monoisotopic (exact) mass is 230 g/mol. The molecule has 7 heteroatoms. The fourth-order valence-corrected chi connectivity index (χ4v) is 1.40. The van der Waals surface area contributed by atoms with Gasteiger partial charge in [-0.1, -0.05) is 12.2 Å². The Bertz CT molecular complexity index is 240. The van der Waals surface area contributed by atoms with Crippen molar-refractivity contribution in [3.63, 3.8) is 0 Å². The van der Waals surface area contributed by atoms with Crippen LogP contribution in [0.25, 0.3) is 0 Å². The molecule has 0 amide bonds. The number of rotatable bonds is 2. The van der Waals surface area contributed by atoms with Crippen LogP contribution < -0.4 is 5.73 Å². The standard InChI is InChI=1S/C7H10F4N2S/c1-4(5(12)14)13-2-6(8,9)7(10,11)3-13/h4H,2-3H2,1H3,(H2,12,14). The highest BCUT2D eigenvalue weighted by atomic mass is 32.1. The molecular weight excluding hydrogens is 220 g/mol. The zero-order valence-corrected chi connectivity index (χ0v) is 8.25. The number of halogens is 4. The van der Waals surface area contributed by atoms with Gasteiger partial charge in [-0.25, -0.2) is 0 Å². The predicted molar refractivity (Wildman–Crippen MR) is 47.7 cm³/mol. The summed E-state index contributed by atoms with van der Waals surface area (Å²) in [5, 5.41) is 0. The van der Waals surface area contributed by atoms with E-state index < -0.39 is 31.0 Å². The van der Waals surface area contributed by atoms with Crippen molar-refractivity contribution < 1.29 is 17.6 Å². The van der Waals surface area contributed by atoms with Crippen molar-refractivity contribution in [2.45, 2.75) is 24.8 Å². The lowest BCUT2D eigenvalue weighted by atomic mass is 10.2. The first kappa shape index (κ1) is 11.6. The van der Waals surface area contributed by atoms with Crippen LogP contribution in [0.15, 0.2) is 0 Å². The number of hydrogen-bond acceptors (Lipinski definition) is 2. The Balaban J connectivity index is 2.78. The van der Waals surface area contributed by atoms with Crippen molar-refractivity contribution in [3.8, 4) is 0 Å². The molecule has 1 saturated heterocycles. The fourth-order valence-electron chi connectivity index (χ4n) is 1.25. The van der Waals surface area contributed by atoms with Gasteiger partial charge in [-0.05, 0) is 6.92 Å². The third-order valence-electron chi connectivity index (χ3n) is 2.30. The molecule has 1 heterocycles. The molecule has 0 saturated carbocycles. The fraction of sp³-hybridized carbons (Fsp3) is 0.857. The minimum absolute atomic E-state index is 0.0569. The maximum Gasteiger partial charge on any atom is 0.323 e. The van der Waals surface area contributed by atoms with Crippen LogP contribution in [0.1, 0.15) is 6.92 Å². The molecule has 14 heavy (non-hydrogen) atoms. The van der Waals surface area contributed by atoms with Gasteiger partial charge >= 0.3 is 11.8 Å². The zero-order chi connectivity index (χ0) is 11.1. The van der Waals surface area contributed by atoms with Crippen molar-refractivity contribution in [2.24, 2.45) is 5.73 Å². The van der Waals surface area contributed by atoms with E-state index in [4.69, 9.17) is 5.73 Å². The molecule has 0 aromatic rings.